The summed E-state index contributed by atoms with van der Waals surface area (Å²) in [6, 6.07) is 7.60. The number of piperazine rings is 1. The van der Waals surface area contributed by atoms with E-state index in [1.165, 1.54) is 6.33 Å². The highest BCUT2D eigenvalue weighted by Gasteiger charge is 2.18. The summed E-state index contributed by atoms with van der Waals surface area (Å²) in [5.41, 5.74) is 7.21. The molecule has 0 spiro atoms. The number of nitrogen functional groups attached to an aromatic ring is 1. The fraction of sp³-hybridized carbons (Fsp3) is 0.333. The van der Waals surface area contributed by atoms with Crippen LogP contribution in [0.3, 0.4) is 0 Å². The molecular formula is C15H17N7. The van der Waals surface area contributed by atoms with Crippen LogP contribution in [-0.2, 0) is 6.54 Å². The summed E-state index contributed by atoms with van der Waals surface area (Å²) < 4.78 is 0. The number of anilines is 2. The minimum absolute atomic E-state index is 0.505. The van der Waals surface area contributed by atoms with Crippen LogP contribution in [0.5, 0.6) is 0 Å². The molecule has 0 amide bonds. The first kappa shape index (κ1) is 14.2. The Morgan fingerprint density at radius 3 is 2.59 bits per heavy atom. The van der Waals surface area contributed by atoms with Gasteiger partial charge in [0.15, 0.2) is 0 Å². The van der Waals surface area contributed by atoms with Gasteiger partial charge in [-0.15, -0.1) is 0 Å². The Kier molecular flexibility index (Phi) is 4.12. The van der Waals surface area contributed by atoms with Crippen molar-refractivity contribution in [2.75, 3.05) is 36.8 Å². The minimum Gasteiger partial charge on any atom is -0.384 e. The third-order valence-corrected chi connectivity index (χ3v) is 3.70. The Morgan fingerprint density at radius 1 is 1.14 bits per heavy atom. The monoisotopic (exact) mass is 295 g/mol. The molecule has 3 rings (SSSR count). The molecule has 1 saturated heterocycles. The molecule has 1 fully saturated rings. The summed E-state index contributed by atoms with van der Waals surface area (Å²) >= 11 is 0. The van der Waals surface area contributed by atoms with Crippen LogP contribution < -0.4 is 10.6 Å². The number of pyridine rings is 1. The molecule has 2 aromatic rings. The molecule has 7 nitrogen and oxygen atoms in total. The van der Waals surface area contributed by atoms with Gasteiger partial charge in [-0.2, -0.15) is 5.26 Å². The van der Waals surface area contributed by atoms with Gasteiger partial charge >= 0.3 is 0 Å². The van der Waals surface area contributed by atoms with Gasteiger partial charge in [-0.05, 0) is 12.1 Å². The van der Waals surface area contributed by atoms with E-state index < -0.39 is 0 Å². The second kappa shape index (κ2) is 6.37. The molecule has 0 bridgehead atoms. The van der Waals surface area contributed by atoms with Crippen LogP contribution >= 0.6 is 0 Å². The molecule has 0 aliphatic carbocycles. The van der Waals surface area contributed by atoms with Crippen molar-refractivity contribution < 1.29 is 0 Å². The molecular weight excluding hydrogens is 278 g/mol. The molecule has 1 aliphatic heterocycles. The molecule has 3 heterocycles. The number of aromatic nitrogens is 3. The van der Waals surface area contributed by atoms with Crippen molar-refractivity contribution in [1.29, 1.82) is 5.26 Å². The zero-order valence-corrected chi connectivity index (χ0v) is 12.2. The van der Waals surface area contributed by atoms with E-state index in [1.807, 2.05) is 12.1 Å². The van der Waals surface area contributed by atoms with Crippen molar-refractivity contribution in [3.8, 4) is 6.07 Å². The van der Waals surface area contributed by atoms with Crippen LogP contribution in [0.25, 0.3) is 0 Å². The molecule has 22 heavy (non-hydrogen) atoms. The Balaban J connectivity index is 1.57. The van der Waals surface area contributed by atoms with E-state index in [-0.39, 0.29) is 0 Å². The highest BCUT2D eigenvalue weighted by atomic mass is 15.3. The van der Waals surface area contributed by atoms with E-state index in [0.717, 1.165) is 44.2 Å². The SMILES string of the molecule is N#Cc1ccc(N2CCN(Cc3cc(N)ncn3)CC2)nc1. The summed E-state index contributed by atoms with van der Waals surface area (Å²) in [6.45, 7) is 4.46. The summed E-state index contributed by atoms with van der Waals surface area (Å²) in [5, 5.41) is 8.80. The van der Waals surface area contributed by atoms with Gasteiger partial charge in [-0.3, -0.25) is 4.90 Å². The summed E-state index contributed by atoms with van der Waals surface area (Å²) in [6.07, 6.45) is 3.12. The van der Waals surface area contributed by atoms with Gasteiger partial charge in [0, 0.05) is 45.0 Å². The van der Waals surface area contributed by atoms with E-state index in [4.69, 9.17) is 11.0 Å². The molecule has 0 unspecified atom stereocenters. The normalized spacial score (nSPS) is 15.5. The second-order valence-corrected chi connectivity index (χ2v) is 5.21. The van der Waals surface area contributed by atoms with Crippen LogP contribution in [0, 0.1) is 11.3 Å². The topological polar surface area (TPSA) is 95.0 Å². The predicted molar refractivity (Wildman–Crippen MR) is 82.9 cm³/mol. The fourth-order valence-corrected chi connectivity index (χ4v) is 2.50. The first-order valence-electron chi connectivity index (χ1n) is 7.14. The predicted octanol–water partition coefficient (Wildman–Crippen LogP) is 0.648. The second-order valence-electron chi connectivity index (χ2n) is 5.21. The van der Waals surface area contributed by atoms with Gasteiger partial charge in [-0.25, -0.2) is 15.0 Å². The molecule has 7 heteroatoms. The van der Waals surface area contributed by atoms with Gasteiger partial charge < -0.3 is 10.6 Å². The maximum Gasteiger partial charge on any atom is 0.128 e. The average Bonchev–Trinajstić information content (AvgIpc) is 2.56. The lowest BCUT2D eigenvalue weighted by Crippen LogP contribution is -2.46. The van der Waals surface area contributed by atoms with Gasteiger partial charge in [0.25, 0.3) is 0 Å². The number of hydrogen-bond acceptors (Lipinski definition) is 7. The third-order valence-electron chi connectivity index (χ3n) is 3.70. The summed E-state index contributed by atoms with van der Waals surface area (Å²) in [5.74, 6) is 1.43. The summed E-state index contributed by atoms with van der Waals surface area (Å²) in [4.78, 5) is 17.1. The van der Waals surface area contributed by atoms with Crippen molar-refractivity contribution in [1.82, 2.24) is 19.9 Å². The lowest BCUT2D eigenvalue weighted by molar-refractivity contribution is 0.246. The lowest BCUT2D eigenvalue weighted by atomic mass is 10.2. The highest BCUT2D eigenvalue weighted by molar-refractivity contribution is 5.42. The maximum atomic E-state index is 8.80. The molecule has 2 N–H and O–H groups in total. The van der Waals surface area contributed by atoms with Crippen LogP contribution in [0.4, 0.5) is 11.6 Å². The minimum atomic E-state index is 0.505. The molecule has 0 saturated carbocycles. The number of nitrogens with zero attached hydrogens (tertiary/aromatic N) is 6. The van der Waals surface area contributed by atoms with E-state index in [0.29, 0.717) is 11.4 Å². The third kappa shape index (κ3) is 3.30. The Labute approximate surface area is 129 Å². The standard InChI is InChI=1S/C15H17N7/c16-8-12-1-2-15(18-9-12)22-5-3-21(4-6-22)10-13-7-14(17)20-11-19-13/h1-2,7,9,11H,3-6,10H2,(H2,17,19,20). The van der Waals surface area contributed by atoms with Gasteiger partial charge in [0.1, 0.15) is 24.0 Å². The van der Waals surface area contributed by atoms with E-state index in [2.05, 4.69) is 30.8 Å². The first-order valence-corrected chi connectivity index (χ1v) is 7.14. The van der Waals surface area contributed by atoms with Gasteiger partial charge in [-0.1, -0.05) is 0 Å². The summed E-state index contributed by atoms with van der Waals surface area (Å²) in [7, 11) is 0. The molecule has 112 valence electrons. The Bertz CT molecular complexity index is 669. The van der Waals surface area contributed by atoms with E-state index in [1.54, 1.807) is 12.3 Å². The zero-order chi connectivity index (χ0) is 15.4. The lowest BCUT2D eigenvalue weighted by Gasteiger charge is -2.35. The van der Waals surface area contributed by atoms with Crippen molar-refractivity contribution in [3.05, 3.63) is 42.0 Å². The van der Waals surface area contributed by atoms with E-state index >= 15 is 0 Å². The Hall–Kier alpha value is -2.72. The number of nitriles is 1. The van der Waals surface area contributed by atoms with Gasteiger partial charge in [0.2, 0.25) is 0 Å². The quantitative estimate of drug-likeness (QED) is 0.888. The van der Waals surface area contributed by atoms with Crippen molar-refractivity contribution in [3.63, 3.8) is 0 Å². The average molecular weight is 295 g/mol. The van der Waals surface area contributed by atoms with Crippen molar-refractivity contribution in [2.24, 2.45) is 0 Å². The first-order chi connectivity index (χ1) is 10.7. The molecule has 0 radical (unpaired) electrons. The molecule has 0 aromatic carbocycles. The maximum absolute atomic E-state index is 8.80. The van der Waals surface area contributed by atoms with Crippen LogP contribution in [0.2, 0.25) is 0 Å². The molecule has 2 aromatic heterocycles. The van der Waals surface area contributed by atoms with Crippen LogP contribution in [0.1, 0.15) is 11.3 Å². The van der Waals surface area contributed by atoms with E-state index in [9.17, 15) is 0 Å². The fourth-order valence-electron chi connectivity index (χ4n) is 2.50. The largest absolute Gasteiger partial charge is 0.384 e. The smallest absolute Gasteiger partial charge is 0.128 e. The highest BCUT2D eigenvalue weighted by Crippen LogP contribution is 2.15. The number of nitrogens with two attached hydrogens (primary N) is 1. The van der Waals surface area contributed by atoms with Crippen LogP contribution in [0.15, 0.2) is 30.7 Å². The van der Waals surface area contributed by atoms with Crippen molar-refractivity contribution in [2.45, 2.75) is 6.54 Å². The zero-order valence-electron chi connectivity index (χ0n) is 12.2. The Morgan fingerprint density at radius 2 is 1.95 bits per heavy atom. The number of rotatable bonds is 3. The van der Waals surface area contributed by atoms with Crippen molar-refractivity contribution >= 4 is 11.6 Å². The number of hydrogen-bond donors (Lipinski definition) is 1. The molecule has 0 atom stereocenters. The van der Waals surface area contributed by atoms with Crippen LogP contribution in [-0.4, -0.2) is 46.0 Å². The van der Waals surface area contributed by atoms with Gasteiger partial charge in [0.05, 0.1) is 11.3 Å². The molecule has 1 aliphatic rings.